The summed E-state index contributed by atoms with van der Waals surface area (Å²) >= 11 is 0. The van der Waals surface area contributed by atoms with Crippen LogP contribution in [0.2, 0.25) is 0 Å². The number of aliphatic carboxylic acids is 1. The molecule has 9 nitrogen and oxygen atoms in total. The number of phosphoric ester groups is 1. The molecular formula is C14H21N2O7P. The number of aromatic hydroxyl groups is 1. The average molecular weight is 360 g/mol. The molecule has 0 unspecified atom stereocenters. The van der Waals surface area contributed by atoms with Crippen LogP contribution in [0.5, 0.6) is 5.75 Å². The van der Waals surface area contributed by atoms with Crippen molar-refractivity contribution in [2.75, 3.05) is 0 Å². The molecule has 10 heteroatoms. The van der Waals surface area contributed by atoms with Gasteiger partial charge in [0.2, 0.25) is 0 Å². The summed E-state index contributed by atoms with van der Waals surface area (Å²) < 4.78 is 15.3. The number of hydrogen-bond donors (Lipinski definition) is 5. The van der Waals surface area contributed by atoms with Gasteiger partial charge in [0.1, 0.15) is 5.75 Å². The van der Waals surface area contributed by atoms with Crippen LogP contribution in [-0.2, 0) is 27.0 Å². The number of carbonyl (C=O) groups is 1. The quantitative estimate of drug-likeness (QED) is 0.413. The molecule has 0 aromatic carbocycles. The average Bonchev–Trinajstić information content (AvgIpc) is 2.49. The molecule has 0 amide bonds. The van der Waals surface area contributed by atoms with E-state index in [1.807, 2.05) is 0 Å². The Kier molecular flexibility index (Phi) is 7.37. The molecular weight excluding hydrogens is 339 g/mol. The minimum atomic E-state index is -4.65. The maximum Gasteiger partial charge on any atom is 0.469 e. The van der Waals surface area contributed by atoms with Crippen LogP contribution in [-0.4, -0.2) is 31.0 Å². The second-order valence-electron chi connectivity index (χ2n) is 5.02. The Balaban J connectivity index is 2.90. The third kappa shape index (κ3) is 6.67. The summed E-state index contributed by atoms with van der Waals surface area (Å²) in [5.74, 6) is -1.03. The number of allylic oxidation sites excluding steroid dienone is 2. The molecule has 134 valence electrons. The Morgan fingerprint density at radius 2 is 2.08 bits per heavy atom. The zero-order valence-electron chi connectivity index (χ0n) is 13.4. The first kappa shape index (κ1) is 20.1. The van der Waals surface area contributed by atoms with Gasteiger partial charge in [-0.3, -0.25) is 14.3 Å². The Hall–Kier alpha value is -1.93. The fourth-order valence-electron chi connectivity index (χ4n) is 1.94. The number of nitrogens with one attached hydrogen (secondary N) is 1. The highest BCUT2D eigenvalue weighted by Gasteiger charge is 2.18. The first-order chi connectivity index (χ1) is 11.1. The maximum absolute atomic E-state index is 10.8. The van der Waals surface area contributed by atoms with Gasteiger partial charge in [-0.2, -0.15) is 0 Å². The number of carboxylic acids is 1. The van der Waals surface area contributed by atoms with Crippen molar-refractivity contribution in [3.8, 4) is 5.75 Å². The van der Waals surface area contributed by atoms with Crippen LogP contribution >= 0.6 is 7.82 Å². The number of aryl methyl sites for hydroxylation is 1. The van der Waals surface area contributed by atoms with E-state index in [4.69, 9.17) is 14.9 Å². The van der Waals surface area contributed by atoms with Crippen molar-refractivity contribution in [3.05, 3.63) is 34.8 Å². The molecule has 0 bridgehead atoms. The lowest BCUT2D eigenvalue weighted by Crippen LogP contribution is -2.16. The normalized spacial score (nSPS) is 12.2. The zero-order valence-corrected chi connectivity index (χ0v) is 14.3. The Labute approximate surface area is 139 Å². The molecule has 0 aliphatic rings. The van der Waals surface area contributed by atoms with Gasteiger partial charge in [-0.25, -0.2) is 4.57 Å². The minimum absolute atomic E-state index is 0.0395. The molecule has 0 saturated heterocycles. The van der Waals surface area contributed by atoms with Gasteiger partial charge in [0, 0.05) is 29.6 Å². The third-order valence-electron chi connectivity index (χ3n) is 3.27. The molecule has 0 spiro atoms. The molecule has 1 rings (SSSR count). The van der Waals surface area contributed by atoms with E-state index in [0.29, 0.717) is 28.9 Å². The van der Waals surface area contributed by atoms with E-state index in [0.717, 1.165) is 0 Å². The summed E-state index contributed by atoms with van der Waals surface area (Å²) in [5.41, 5.74) is 1.74. The van der Waals surface area contributed by atoms with Crippen molar-refractivity contribution >= 4 is 13.8 Å². The molecule has 1 heterocycles. The van der Waals surface area contributed by atoms with Gasteiger partial charge in [0.25, 0.3) is 0 Å². The molecule has 5 N–H and O–H groups in total. The van der Waals surface area contributed by atoms with Crippen LogP contribution in [0, 0.1) is 6.92 Å². The molecule has 0 fully saturated rings. The van der Waals surface area contributed by atoms with E-state index >= 15 is 0 Å². The summed E-state index contributed by atoms with van der Waals surface area (Å²) in [4.78, 5) is 32.2. The van der Waals surface area contributed by atoms with E-state index < -0.39 is 20.4 Å². The third-order valence-corrected chi connectivity index (χ3v) is 3.73. The summed E-state index contributed by atoms with van der Waals surface area (Å²) in [6.07, 6.45) is 3.35. The smallest absolute Gasteiger partial charge is 0.469 e. The number of nitrogens with zero attached hydrogens (tertiary/aromatic N) is 1. The largest absolute Gasteiger partial charge is 0.506 e. The SMILES string of the molecule is C/C=C(\CCC(=O)O)NCc1c(COP(=O)(O)O)cnc(C)c1O. The molecule has 0 radical (unpaired) electrons. The van der Waals surface area contributed by atoms with Gasteiger partial charge >= 0.3 is 13.8 Å². The number of aromatic nitrogens is 1. The summed E-state index contributed by atoms with van der Waals surface area (Å²) in [7, 11) is -4.65. The lowest BCUT2D eigenvalue weighted by molar-refractivity contribution is -0.136. The van der Waals surface area contributed by atoms with Crippen molar-refractivity contribution in [1.82, 2.24) is 10.3 Å². The van der Waals surface area contributed by atoms with Crippen LogP contribution < -0.4 is 5.32 Å². The molecule has 1 aromatic rings. The first-order valence-corrected chi connectivity index (χ1v) is 8.64. The van der Waals surface area contributed by atoms with Crippen LogP contribution in [0.3, 0.4) is 0 Å². The fourth-order valence-corrected chi connectivity index (χ4v) is 2.25. The van der Waals surface area contributed by atoms with Crippen molar-refractivity contribution in [2.24, 2.45) is 0 Å². The number of phosphoric acid groups is 1. The highest BCUT2D eigenvalue weighted by Crippen LogP contribution is 2.38. The highest BCUT2D eigenvalue weighted by molar-refractivity contribution is 7.46. The Bertz CT molecular complexity index is 669. The number of pyridine rings is 1. The monoisotopic (exact) mass is 360 g/mol. The number of carboxylic acid groups (broad SMARTS) is 1. The molecule has 0 aliphatic heterocycles. The van der Waals surface area contributed by atoms with Gasteiger partial charge < -0.3 is 25.3 Å². The molecule has 0 saturated carbocycles. The number of rotatable bonds is 9. The summed E-state index contributed by atoms with van der Waals surface area (Å²) in [6.45, 7) is 3.06. The molecule has 0 aliphatic carbocycles. The van der Waals surface area contributed by atoms with E-state index in [1.165, 1.54) is 6.20 Å². The van der Waals surface area contributed by atoms with E-state index in [-0.39, 0.29) is 18.7 Å². The highest BCUT2D eigenvalue weighted by atomic mass is 31.2. The molecule has 0 atom stereocenters. The van der Waals surface area contributed by atoms with Gasteiger partial charge in [0.05, 0.1) is 18.7 Å². The molecule has 1 aromatic heterocycles. The Morgan fingerprint density at radius 1 is 1.42 bits per heavy atom. The van der Waals surface area contributed by atoms with E-state index in [1.54, 1.807) is 19.9 Å². The van der Waals surface area contributed by atoms with Crippen molar-refractivity contribution in [3.63, 3.8) is 0 Å². The van der Waals surface area contributed by atoms with Crippen molar-refractivity contribution in [1.29, 1.82) is 0 Å². The van der Waals surface area contributed by atoms with E-state index in [9.17, 15) is 14.5 Å². The number of hydrogen-bond acceptors (Lipinski definition) is 6. The van der Waals surface area contributed by atoms with Crippen LogP contribution in [0.15, 0.2) is 18.0 Å². The van der Waals surface area contributed by atoms with Gasteiger partial charge in [-0.15, -0.1) is 0 Å². The lowest BCUT2D eigenvalue weighted by Gasteiger charge is -2.16. The fraction of sp³-hybridized carbons (Fsp3) is 0.429. The Morgan fingerprint density at radius 3 is 2.62 bits per heavy atom. The van der Waals surface area contributed by atoms with Gasteiger partial charge in [0.15, 0.2) is 0 Å². The first-order valence-electron chi connectivity index (χ1n) is 7.11. The zero-order chi connectivity index (χ0) is 18.3. The summed E-state index contributed by atoms with van der Waals surface area (Å²) in [5, 5.41) is 21.9. The second-order valence-corrected chi connectivity index (χ2v) is 6.26. The van der Waals surface area contributed by atoms with Crippen molar-refractivity contribution < 1.29 is 33.9 Å². The topological polar surface area (TPSA) is 149 Å². The van der Waals surface area contributed by atoms with Crippen molar-refractivity contribution in [2.45, 2.75) is 39.8 Å². The molecule has 24 heavy (non-hydrogen) atoms. The second kappa shape index (κ2) is 8.79. The van der Waals surface area contributed by atoms with E-state index in [2.05, 4.69) is 14.8 Å². The van der Waals surface area contributed by atoms with Crippen LogP contribution in [0.1, 0.15) is 36.6 Å². The standard InChI is InChI=1S/C14H21N2O7P/c1-3-11(4-5-13(17)18)16-7-12-10(8-23-24(20,21)22)6-15-9(2)14(12)19/h3,6,16,19H,4-5,7-8H2,1-2H3,(H,17,18)(H2,20,21,22)/b11-3+. The predicted octanol–water partition coefficient (Wildman–Crippen LogP) is 1.56. The van der Waals surface area contributed by atoms with Gasteiger partial charge in [-0.1, -0.05) is 6.08 Å². The lowest BCUT2D eigenvalue weighted by atomic mass is 10.1. The maximum atomic E-state index is 10.8. The predicted molar refractivity (Wildman–Crippen MR) is 84.9 cm³/mol. The minimum Gasteiger partial charge on any atom is -0.506 e. The van der Waals surface area contributed by atoms with Gasteiger partial charge in [-0.05, 0) is 20.3 Å². The summed E-state index contributed by atoms with van der Waals surface area (Å²) in [6, 6.07) is 0. The van der Waals surface area contributed by atoms with Crippen LogP contribution in [0.4, 0.5) is 0 Å². The van der Waals surface area contributed by atoms with Crippen LogP contribution in [0.25, 0.3) is 0 Å².